The summed E-state index contributed by atoms with van der Waals surface area (Å²) in [5, 5.41) is 2.47. The molecule has 0 bridgehead atoms. The van der Waals surface area contributed by atoms with Crippen molar-refractivity contribution in [1.29, 1.82) is 0 Å². The van der Waals surface area contributed by atoms with Gasteiger partial charge >= 0.3 is 0 Å². The number of rotatable bonds is 2. The van der Waals surface area contributed by atoms with E-state index in [0.717, 1.165) is 25.4 Å². The SMILES string of the molecule is NNc1nc2c(Br)cc(Br)cc2c(=O)n1-c1cccc2ccccc12. The first kappa shape index (κ1) is 16.3. The van der Waals surface area contributed by atoms with Gasteiger partial charge in [-0.25, -0.2) is 15.4 Å². The predicted octanol–water partition coefficient (Wildman–Crippen LogP) is 4.35. The standard InChI is InChI=1S/C18H12Br2N4O/c19-11-8-13-16(14(20)9-11)22-18(23-21)24(17(13)25)15-7-3-5-10-4-1-2-6-12(10)15/h1-9H,21H2,(H,22,23). The van der Waals surface area contributed by atoms with E-state index in [9.17, 15) is 4.79 Å². The molecule has 1 heterocycles. The second-order valence-corrected chi connectivity index (χ2v) is 7.27. The predicted molar refractivity (Wildman–Crippen MR) is 108 cm³/mol. The lowest BCUT2D eigenvalue weighted by atomic mass is 10.1. The molecule has 5 nitrogen and oxygen atoms in total. The number of benzene rings is 3. The van der Waals surface area contributed by atoms with Crippen molar-refractivity contribution in [2.75, 3.05) is 5.43 Å². The number of nitrogens with one attached hydrogen (secondary N) is 1. The largest absolute Gasteiger partial charge is 0.293 e. The summed E-state index contributed by atoms with van der Waals surface area (Å²) in [5.74, 6) is 5.95. The van der Waals surface area contributed by atoms with Crippen LogP contribution in [0.1, 0.15) is 0 Å². The molecule has 25 heavy (non-hydrogen) atoms. The van der Waals surface area contributed by atoms with Crippen molar-refractivity contribution in [2.24, 2.45) is 5.84 Å². The molecular weight excluding hydrogens is 448 g/mol. The quantitative estimate of drug-likeness (QED) is 0.345. The van der Waals surface area contributed by atoms with E-state index in [1.165, 1.54) is 4.57 Å². The molecule has 0 radical (unpaired) electrons. The van der Waals surface area contributed by atoms with E-state index in [0.29, 0.717) is 10.9 Å². The molecule has 0 aliphatic rings. The minimum Gasteiger partial charge on any atom is -0.293 e. The van der Waals surface area contributed by atoms with E-state index in [-0.39, 0.29) is 11.5 Å². The summed E-state index contributed by atoms with van der Waals surface area (Å²) in [6, 6.07) is 17.3. The Bertz CT molecular complexity index is 1180. The first-order chi connectivity index (χ1) is 12.1. The number of halogens is 2. The van der Waals surface area contributed by atoms with Crippen LogP contribution in [0.5, 0.6) is 0 Å². The maximum absolute atomic E-state index is 13.2. The third-order valence-corrected chi connectivity index (χ3v) is 5.09. The van der Waals surface area contributed by atoms with E-state index in [2.05, 4.69) is 42.3 Å². The second-order valence-electron chi connectivity index (χ2n) is 5.50. The highest BCUT2D eigenvalue weighted by Gasteiger charge is 2.16. The number of hydrogen-bond donors (Lipinski definition) is 2. The number of aromatic nitrogens is 2. The van der Waals surface area contributed by atoms with Gasteiger partial charge in [0.15, 0.2) is 0 Å². The maximum atomic E-state index is 13.2. The monoisotopic (exact) mass is 458 g/mol. The van der Waals surface area contributed by atoms with Crippen LogP contribution in [0.2, 0.25) is 0 Å². The summed E-state index contributed by atoms with van der Waals surface area (Å²) >= 11 is 6.88. The minimum atomic E-state index is -0.198. The molecule has 1 aromatic heterocycles. The molecule has 4 rings (SSSR count). The summed E-state index contributed by atoms with van der Waals surface area (Å²) in [7, 11) is 0. The van der Waals surface area contributed by atoms with Crippen LogP contribution < -0.4 is 16.8 Å². The van der Waals surface area contributed by atoms with Gasteiger partial charge in [-0.3, -0.25) is 10.2 Å². The van der Waals surface area contributed by atoms with Gasteiger partial charge in [-0.2, -0.15) is 0 Å². The Balaban J connectivity index is 2.17. The minimum absolute atomic E-state index is 0.198. The van der Waals surface area contributed by atoms with E-state index >= 15 is 0 Å². The Morgan fingerprint density at radius 2 is 1.76 bits per heavy atom. The topological polar surface area (TPSA) is 72.9 Å². The van der Waals surface area contributed by atoms with Gasteiger partial charge < -0.3 is 0 Å². The molecule has 3 aromatic carbocycles. The first-order valence-corrected chi connectivity index (χ1v) is 9.05. The molecule has 3 N–H and O–H groups in total. The van der Waals surface area contributed by atoms with Gasteiger partial charge in [-0.1, -0.05) is 52.3 Å². The van der Waals surface area contributed by atoms with Crippen LogP contribution in [0.4, 0.5) is 5.95 Å². The average molecular weight is 460 g/mol. The summed E-state index contributed by atoms with van der Waals surface area (Å²) in [6.07, 6.45) is 0. The molecule has 7 heteroatoms. The van der Waals surface area contributed by atoms with Crippen LogP contribution in [-0.2, 0) is 0 Å². The Kier molecular flexibility index (Phi) is 4.07. The Hall–Kier alpha value is -2.22. The van der Waals surface area contributed by atoms with Crippen molar-refractivity contribution in [3.8, 4) is 5.69 Å². The molecular formula is C18H12Br2N4O. The van der Waals surface area contributed by atoms with Gasteiger partial charge in [0, 0.05) is 14.3 Å². The molecule has 0 spiro atoms. The van der Waals surface area contributed by atoms with E-state index < -0.39 is 0 Å². The fourth-order valence-electron chi connectivity index (χ4n) is 2.94. The van der Waals surface area contributed by atoms with Crippen molar-refractivity contribution in [1.82, 2.24) is 9.55 Å². The molecule has 124 valence electrons. The Morgan fingerprint density at radius 1 is 1.00 bits per heavy atom. The summed E-state index contributed by atoms with van der Waals surface area (Å²) in [4.78, 5) is 17.8. The molecule has 4 aromatic rings. The van der Waals surface area contributed by atoms with Crippen molar-refractivity contribution in [3.05, 3.63) is 73.9 Å². The number of hydrazine groups is 1. The highest BCUT2D eigenvalue weighted by atomic mass is 79.9. The molecule has 0 amide bonds. The molecule has 0 aliphatic heterocycles. The summed E-state index contributed by atoms with van der Waals surface area (Å²) in [5.41, 5.74) is 3.63. The molecule has 0 unspecified atom stereocenters. The lowest BCUT2D eigenvalue weighted by molar-refractivity contribution is 0.962. The third kappa shape index (κ3) is 2.64. The molecule has 0 aliphatic carbocycles. The fourth-order valence-corrected chi connectivity index (χ4v) is 4.25. The van der Waals surface area contributed by atoms with E-state index in [1.54, 1.807) is 6.07 Å². The van der Waals surface area contributed by atoms with Crippen molar-refractivity contribution >= 4 is 59.5 Å². The number of hydrogen-bond acceptors (Lipinski definition) is 4. The number of nitrogens with two attached hydrogens (primary N) is 1. The lowest BCUT2D eigenvalue weighted by Crippen LogP contribution is -2.26. The van der Waals surface area contributed by atoms with Crippen molar-refractivity contribution < 1.29 is 0 Å². The number of nitrogen functional groups attached to an aromatic ring is 1. The van der Waals surface area contributed by atoms with Crippen molar-refractivity contribution in [2.45, 2.75) is 0 Å². The zero-order valence-electron chi connectivity index (χ0n) is 12.8. The van der Waals surface area contributed by atoms with Crippen LogP contribution in [0, 0.1) is 0 Å². The number of anilines is 1. The Morgan fingerprint density at radius 3 is 2.56 bits per heavy atom. The van der Waals surface area contributed by atoms with Gasteiger partial charge in [-0.15, -0.1) is 0 Å². The summed E-state index contributed by atoms with van der Waals surface area (Å²) in [6.45, 7) is 0. The van der Waals surface area contributed by atoms with Gasteiger partial charge in [0.25, 0.3) is 5.56 Å². The van der Waals surface area contributed by atoms with Crippen LogP contribution in [0.25, 0.3) is 27.4 Å². The molecule has 0 saturated carbocycles. The van der Waals surface area contributed by atoms with Gasteiger partial charge in [0.2, 0.25) is 5.95 Å². The number of fused-ring (bicyclic) bond motifs is 2. The Labute approximate surface area is 159 Å². The molecule has 0 fully saturated rings. The first-order valence-electron chi connectivity index (χ1n) is 7.46. The molecule has 0 saturated heterocycles. The number of nitrogens with zero attached hydrogens (tertiary/aromatic N) is 2. The third-order valence-electron chi connectivity index (χ3n) is 4.03. The molecule has 0 atom stereocenters. The highest BCUT2D eigenvalue weighted by molar-refractivity contribution is 9.11. The van der Waals surface area contributed by atoms with Crippen LogP contribution >= 0.6 is 31.9 Å². The zero-order valence-corrected chi connectivity index (χ0v) is 16.0. The fraction of sp³-hybridized carbons (Fsp3) is 0. The lowest BCUT2D eigenvalue weighted by Gasteiger charge is -2.15. The van der Waals surface area contributed by atoms with Crippen LogP contribution in [0.3, 0.4) is 0 Å². The summed E-state index contributed by atoms with van der Waals surface area (Å²) < 4.78 is 3.02. The van der Waals surface area contributed by atoms with Gasteiger partial charge in [-0.05, 0) is 39.5 Å². The smallest absolute Gasteiger partial charge is 0.267 e. The van der Waals surface area contributed by atoms with E-state index in [4.69, 9.17) is 5.84 Å². The van der Waals surface area contributed by atoms with Crippen LogP contribution in [-0.4, -0.2) is 9.55 Å². The highest BCUT2D eigenvalue weighted by Crippen LogP contribution is 2.28. The van der Waals surface area contributed by atoms with E-state index in [1.807, 2.05) is 48.5 Å². The average Bonchev–Trinajstić information content (AvgIpc) is 2.62. The van der Waals surface area contributed by atoms with Crippen molar-refractivity contribution in [3.63, 3.8) is 0 Å². The second kappa shape index (κ2) is 6.25. The van der Waals surface area contributed by atoms with Crippen LogP contribution in [0.15, 0.2) is 68.3 Å². The normalized spacial score (nSPS) is 11.2. The maximum Gasteiger partial charge on any atom is 0.267 e. The van der Waals surface area contributed by atoms with Gasteiger partial charge in [0.05, 0.1) is 16.6 Å². The zero-order chi connectivity index (χ0) is 17.6. The van der Waals surface area contributed by atoms with Gasteiger partial charge in [0.1, 0.15) is 0 Å².